The van der Waals surface area contributed by atoms with Crippen molar-refractivity contribution in [1.82, 2.24) is 5.32 Å². The lowest BCUT2D eigenvalue weighted by Gasteiger charge is -2.30. The molecule has 0 aliphatic carbocycles. The standard InChI is InChI=1S/C30H31N3O.ClH/c1-4-24-16-18-25(19-17-24)23-33(2,3)21-11-20-32-30(34)28(22-31)29(26-12-7-5-8-13-26)27-14-9-6-10-15-27;/h4-10,12-19H,1,11,20-21,23H2,2-3H3;1H. The van der Waals surface area contributed by atoms with Crippen LogP contribution in [-0.4, -0.2) is 37.6 Å². The summed E-state index contributed by atoms with van der Waals surface area (Å²) in [7, 11) is 4.37. The normalized spacial score (nSPS) is 10.4. The van der Waals surface area contributed by atoms with Crippen LogP contribution in [0.5, 0.6) is 0 Å². The maximum absolute atomic E-state index is 13.0. The first-order chi connectivity index (χ1) is 16.4. The Labute approximate surface area is 215 Å². The summed E-state index contributed by atoms with van der Waals surface area (Å²) in [6, 6.07) is 29.8. The molecule has 4 nitrogen and oxygen atoms in total. The van der Waals surface area contributed by atoms with Crippen LogP contribution in [0.15, 0.2) is 97.1 Å². The van der Waals surface area contributed by atoms with Gasteiger partial charge >= 0.3 is 0 Å². The zero-order chi connectivity index (χ0) is 24.4. The Hall–Kier alpha value is -3.65. The van der Waals surface area contributed by atoms with Gasteiger partial charge in [0.2, 0.25) is 0 Å². The van der Waals surface area contributed by atoms with Crippen LogP contribution in [0.2, 0.25) is 0 Å². The summed E-state index contributed by atoms with van der Waals surface area (Å²) in [6.45, 7) is 6.12. The third-order valence-electron chi connectivity index (χ3n) is 5.77. The van der Waals surface area contributed by atoms with Gasteiger partial charge in [0.1, 0.15) is 18.2 Å². The second kappa shape index (κ2) is 13.3. The molecule has 0 radical (unpaired) electrons. The van der Waals surface area contributed by atoms with Gasteiger partial charge in [0, 0.05) is 24.1 Å². The van der Waals surface area contributed by atoms with Gasteiger partial charge in [-0.05, 0) is 16.7 Å². The van der Waals surface area contributed by atoms with Crippen molar-refractivity contribution in [2.45, 2.75) is 13.0 Å². The average Bonchev–Trinajstić information content (AvgIpc) is 2.86. The Kier molecular flexibility index (Phi) is 10.5. The molecule has 180 valence electrons. The van der Waals surface area contributed by atoms with Crippen LogP contribution in [-0.2, 0) is 11.3 Å². The molecular formula is C30H32ClN3O. The summed E-state index contributed by atoms with van der Waals surface area (Å²) in [5.41, 5.74) is 4.86. The van der Waals surface area contributed by atoms with E-state index in [2.05, 4.69) is 56.3 Å². The number of carbonyl (C=O) groups excluding carboxylic acids is 1. The van der Waals surface area contributed by atoms with Crippen LogP contribution in [0, 0.1) is 11.3 Å². The van der Waals surface area contributed by atoms with Crippen molar-refractivity contribution < 1.29 is 21.7 Å². The van der Waals surface area contributed by atoms with Gasteiger partial charge in [-0.3, -0.25) is 4.79 Å². The molecule has 1 amide bonds. The van der Waals surface area contributed by atoms with E-state index in [-0.39, 0.29) is 23.9 Å². The highest BCUT2D eigenvalue weighted by Crippen LogP contribution is 2.27. The number of nitriles is 1. The first-order valence-corrected chi connectivity index (χ1v) is 11.5. The van der Waals surface area contributed by atoms with Crippen molar-refractivity contribution in [3.8, 4) is 6.07 Å². The fraction of sp³-hybridized carbons (Fsp3) is 0.200. The molecule has 0 saturated heterocycles. The van der Waals surface area contributed by atoms with E-state index >= 15 is 0 Å². The number of quaternary nitrogens is 1. The van der Waals surface area contributed by atoms with Crippen molar-refractivity contribution in [2.24, 2.45) is 0 Å². The first kappa shape index (κ1) is 27.6. The minimum atomic E-state index is -0.337. The summed E-state index contributed by atoms with van der Waals surface area (Å²) in [6.07, 6.45) is 2.66. The number of rotatable bonds is 10. The molecule has 35 heavy (non-hydrogen) atoms. The van der Waals surface area contributed by atoms with Crippen LogP contribution in [0.1, 0.15) is 28.7 Å². The molecule has 0 aromatic heterocycles. The highest BCUT2D eigenvalue weighted by atomic mass is 35.5. The van der Waals surface area contributed by atoms with Gasteiger partial charge in [-0.25, -0.2) is 0 Å². The van der Waals surface area contributed by atoms with Gasteiger partial charge in [-0.15, -0.1) is 0 Å². The Morgan fingerprint density at radius 2 is 1.49 bits per heavy atom. The molecule has 1 N–H and O–H groups in total. The number of carbonyl (C=O) groups is 1. The van der Waals surface area contributed by atoms with Crippen LogP contribution in [0.25, 0.3) is 11.6 Å². The lowest BCUT2D eigenvalue weighted by molar-refractivity contribution is -0.903. The van der Waals surface area contributed by atoms with E-state index in [1.165, 1.54) is 5.56 Å². The molecule has 5 heteroatoms. The Bertz CT molecular complexity index is 1140. The predicted molar refractivity (Wildman–Crippen MR) is 139 cm³/mol. The molecule has 0 atom stereocenters. The SMILES string of the molecule is C=Cc1ccc(C[N+](C)(C)CCCNC(=O)C(C#N)=C(c2ccccc2)c2ccccc2)cc1.[Cl-]. The van der Waals surface area contributed by atoms with E-state index in [1.807, 2.05) is 66.7 Å². The minimum Gasteiger partial charge on any atom is -1.00 e. The van der Waals surface area contributed by atoms with E-state index in [1.54, 1.807) is 0 Å². The summed E-state index contributed by atoms with van der Waals surface area (Å²) >= 11 is 0. The molecule has 0 unspecified atom stereocenters. The number of nitrogens with zero attached hydrogens (tertiary/aromatic N) is 2. The van der Waals surface area contributed by atoms with Crippen molar-refractivity contribution in [1.29, 1.82) is 5.26 Å². The Balaban J connectivity index is 0.00000432. The highest BCUT2D eigenvalue weighted by molar-refractivity contribution is 6.07. The molecule has 0 saturated carbocycles. The zero-order valence-electron chi connectivity index (χ0n) is 20.4. The lowest BCUT2D eigenvalue weighted by atomic mass is 9.93. The summed E-state index contributed by atoms with van der Waals surface area (Å²) in [5.74, 6) is -0.337. The fourth-order valence-electron chi connectivity index (χ4n) is 4.02. The molecule has 0 fully saturated rings. The van der Waals surface area contributed by atoms with E-state index in [0.717, 1.165) is 40.7 Å². The number of hydrogen-bond acceptors (Lipinski definition) is 2. The predicted octanol–water partition coefficient (Wildman–Crippen LogP) is 2.44. The van der Waals surface area contributed by atoms with Gasteiger partial charge in [-0.1, -0.05) is 97.6 Å². The smallest absolute Gasteiger partial charge is 0.262 e. The largest absolute Gasteiger partial charge is 1.00 e. The van der Waals surface area contributed by atoms with Crippen LogP contribution < -0.4 is 17.7 Å². The lowest BCUT2D eigenvalue weighted by Crippen LogP contribution is -3.00. The van der Waals surface area contributed by atoms with Crippen molar-refractivity contribution in [3.05, 3.63) is 119 Å². The second-order valence-corrected chi connectivity index (χ2v) is 8.97. The molecule has 0 bridgehead atoms. The zero-order valence-corrected chi connectivity index (χ0v) is 21.1. The second-order valence-electron chi connectivity index (χ2n) is 8.97. The summed E-state index contributed by atoms with van der Waals surface area (Å²) in [5, 5.41) is 12.9. The quantitative estimate of drug-likeness (QED) is 0.207. The number of benzene rings is 3. The van der Waals surface area contributed by atoms with Crippen LogP contribution in [0.3, 0.4) is 0 Å². The highest BCUT2D eigenvalue weighted by Gasteiger charge is 2.19. The maximum atomic E-state index is 13.0. The van der Waals surface area contributed by atoms with E-state index in [9.17, 15) is 10.1 Å². The van der Waals surface area contributed by atoms with Gasteiger partial charge in [0.15, 0.2) is 0 Å². The number of hydrogen-bond donors (Lipinski definition) is 1. The third kappa shape index (κ3) is 7.96. The maximum Gasteiger partial charge on any atom is 0.262 e. The minimum absolute atomic E-state index is 0. The van der Waals surface area contributed by atoms with Gasteiger partial charge in [-0.2, -0.15) is 5.26 Å². The molecule has 3 aromatic carbocycles. The van der Waals surface area contributed by atoms with Crippen LogP contribution in [0.4, 0.5) is 0 Å². The van der Waals surface area contributed by atoms with Crippen LogP contribution >= 0.6 is 0 Å². The molecule has 0 aliphatic rings. The fourth-order valence-corrected chi connectivity index (χ4v) is 4.02. The van der Waals surface area contributed by atoms with Gasteiger partial charge in [0.05, 0.1) is 20.6 Å². The van der Waals surface area contributed by atoms with E-state index < -0.39 is 0 Å². The molecular weight excluding hydrogens is 454 g/mol. The Morgan fingerprint density at radius 1 is 0.943 bits per heavy atom. The monoisotopic (exact) mass is 485 g/mol. The number of halogens is 1. The molecule has 0 spiro atoms. The van der Waals surface area contributed by atoms with Crippen molar-refractivity contribution in [2.75, 3.05) is 27.2 Å². The van der Waals surface area contributed by atoms with E-state index in [4.69, 9.17) is 0 Å². The first-order valence-electron chi connectivity index (χ1n) is 11.5. The molecule has 0 aliphatic heterocycles. The topological polar surface area (TPSA) is 52.9 Å². The molecule has 3 aromatic rings. The Morgan fingerprint density at radius 3 is 1.97 bits per heavy atom. The third-order valence-corrected chi connectivity index (χ3v) is 5.77. The number of amides is 1. The van der Waals surface area contributed by atoms with Gasteiger partial charge in [0.25, 0.3) is 5.91 Å². The molecule has 3 rings (SSSR count). The van der Waals surface area contributed by atoms with Crippen molar-refractivity contribution in [3.63, 3.8) is 0 Å². The summed E-state index contributed by atoms with van der Waals surface area (Å²) in [4.78, 5) is 13.0. The summed E-state index contributed by atoms with van der Waals surface area (Å²) < 4.78 is 0.809. The molecule has 0 heterocycles. The van der Waals surface area contributed by atoms with E-state index in [0.29, 0.717) is 12.1 Å². The number of nitrogens with one attached hydrogen (secondary N) is 1. The average molecular weight is 486 g/mol. The van der Waals surface area contributed by atoms with Gasteiger partial charge < -0.3 is 22.2 Å². The van der Waals surface area contributed by atoms with Crippen molar-refractivity contribution >= 4 is 17.6 Å².